The minimum absolute atomic E-state index is 0.0483. The smallest absolute Gasteiger partial charge is 0.258 e. The number of hydrogen-bond donors (Lipinski definition) is 3. The Morgan fingerprint density at radius 1 is 1.23 bits per heavy atom. The van der Waals surface area contributed by atoms with E-state index in [1.54, 1.807) is 0 Å². The largest absolute Gasteiger partial charge is 0.484 e. The van der Waals surface area contributed by atoms with Crippen LogP contribution < -0.4 is 20.7 Å². The number of aryl methyl sites for hydroxylation is 1. The van der Waals surface area contributed by atoms with Crippen molar-refractivity contribution in [1.82, 2.24) is 16.0 Å². The van der Waals surface area contributed by atoms with Gasteiger partial charge in [0, 0.05) is 41.3 Å². The molecule has 1 heterocycles. The lowest BCUT2D eigenvalue weighted by Crippen LogP contribution is -2.43. The molecule has 1 amide bonds. The molecule has 1 aromatic heterocycles. The predicted octanol–water partition coefficient (Wildman–Crippen LogP) is 3.44. The van der Waals surface area contributed by atoms with Gasteiger partial charge in [-0.25, -0.2) is 0 Å². The quantitative estimate of drug-likeness (QED) is 0.368. The zero-order valence-electron chi connectivity index (χ0n) is 18.7. The number of carbonyl (C=O) groups excluding carboxylic acids is 1. The lowest BCUT2D eigenvalue weighted by molar-refractivity contribution is -0.123. The van der Waals surface area contributed by atoms with E-state index in [1.165, 1.54) is 15.3 Å². The molecule has 1 aliphatic carbocycles. The summed E-state index contributed by atoms with van der Waals surface area (Å²) in [5.41, 5.74) is 1.19. The highest BCUT2D eigenvalue weighted by molar-refractivity contribution is 7.11. The van der Waals surface area contributed by atoms with E-state index in [9.17, 15) is 4.79 Å². The molecule has 2 aromatic rings. The van der Waals surface area contributed by atoms with Gasteiger partial charge in [-0.05, 0) is 69.9 Å². The zero-order chi connectivity index (χ0) is 22.1. The minimum atomic E-state index is -0.0483. The molecule has 1 saturated carbocycles. The number of hydrogen-bond acceptors (Lipinski definition) is 4. The van der Waals surface area contributed by atoms with Crippen molar-refractivity contribution >= 4 is 23.2 Å². The Kier molecular flexibility index (Phi) is 8.76. The predicted molar refractivity (Wildman–Crippen MR) is 128 cm³/mol. The first-order valence-electron chi connectivity index (χ1n) is 11.1. The van der Waals surface area contributed by atoms with E-state index >= 15 is 0 Å². The van der Waals surface area contributed by atoms with E-state index < -0.39 is 0 Å². The van der Waals surface area contributed by atoms with Crippen LogP contribution in [0.2, 0.25) is 0 Å². The number of rotatable bonds is 11. The molecule has 7 heteroatoms. The SMILES string of the molecule is CCNC(=NCCc1ccc(OCC(=O)NC2CC2)cc1)NC(C)Cc1ccc(C)s1. The normalized spacial score (nSPS) is 14.7. The number of ether oxygens (including phenoxy) is 1. The molecule has 1 fully saturated rings. The highest BCUT2D eigenvalue weighted by Gasteiger charge is 2.23. The molecule has 1 atom stereocenters. The van der Waals surface area contributed by atoms with Gasteiger partial charge in [-0.3, -0.25) is 9.79 Å². The van der Waals surface area contributed by atoms with Crippen LogP contribution in [0.4, 0.5) is 0 Å². The summed E-state index contributed by atoms with van der Waals surface area (Å²) in [6.45, 7) is 8.00. The van der Waals surface area contributed by atoms with Crippen molar-refractivity contribution in [1.29, 1.82) is 0 Å². The molecule has 3 N–H and O–H groups in total. The summed E-state index contributed by atoms with van der Waals surface area (Å²) in [6, 6.07) is 12.9. The lowest BCUT2D eigenvalue weighted by atomic mass is 10.1. The van der Waals surface area contributed by atoms with E-state index in [1.807, 2.05) is 35.6 Å². The van der Waals surface area contributed by atoms with Crippen LogP contribution >= 0.6 is 11.3 Å². The second-order valence-electron chi connectivity index (χ2n) is 8.05. The summed E-state index contributed by atoms with van der Waals surface area (Å²) in [4.78, 5) is 19.2. The fourth-order valence-electron chi connectivity index (χ4n) is 3.20. The van der Waals surface area contributed by atoms with Crippen molar-refractivity contribution in [2.45, 2.75) is 58.5 Å². The molecule has 0 spiro atoms. The monoisotopic (exact) mass is 442 g/mol. The highest BCUT2D eigenvalue weighted by atomic mass is 32.1. The van der Waals surface area contributed by atoms with E-state index in [2.05, 4.69) is 48.9 Å². The average Bonchev–Trinajstić information content (AvgIpc) is 3.46. The van der Waals surface area contributed by atoms with Gasteiger partial charge in [-0.2, -0.15) is 0 Å². The van der Waals surface area contributed by atoms with Crippen molar-refractivity contribution in [3.05, 3.63) is 51.7 Å². The first-order valence-corrected chi connectivity index (χ1v) is 11.9. The van der Waals surface area contributed by atoms with E-state index in [0.717, 1.165) is 38.2 Å². The molecule has 0 saturated heterocycles. The van der Waals surface area contributed by atoms with Crippen LogP contribution in [0.1, 0.15) is 42.0 Å². The molecule has 1 aliphatic rings. The minimum Gasteiger partial charge on any atom is -0.484 e. The van der Waals surface area contributed by atoms with Crippen LogP contribution in [0, 0.1) is 6.92 Å². The number of aliphatic imine (C=N–C) groups is 1. The first-order chi connectivity index (χ1) is 15.0. The van der Waals surface area contributed by atoms with Crippen molar-refractivity contribution in [3.8, 4) is 5.75 Å². The van der Waals surface area contributed by atoms with E-state index in [0.29, 0.717) is 24.4 Å². The molecule has 0 radical (unpaired) electrons. The summed E-state index contributed by atoms with van der Waals surface area (Å²) >= 11 is 1.85. The maximum atomic E-state index is 11.7. The molecule has 31 heavy (non-hydrogen) atoms. The van der Waals surface area contributed by atoms with Gasteiger partial charge in [0.1, 0.15) is 5.75 Å². The van der Waals surface area contributed by atoms with Gasteiger partial charge in [0.05, 0.1) is 0 Å². The summed E-state index contributed by atoms with van der Waals surface area (Å²) in [5, 5.41) is 9.76. The number of thiophene rings is 1. The lowest BCUT2D eigenvalue weighted by Gasteiger charge is -2.17. The van der Waals surface area contributed by atoms with Crippen LogP contribution in [0.3, 0.4) is 0 Å². The van der Waals surface area contributed by atoms with Crippen molar-refractivity contribution in [2.24, 2.45) is 4.99 Å². The third-order valence-corrected chi connectivity index (χ3v) is 5.96. The van der Waals surface area contributed by atoms with Crippen LogP contribution in [-0.4, -0.2) is 43.6 Å². The Morgan fingerprint density at radius 3 is 2.65 bits per heavy atom. The summed E-state index contributed by atoms with van der Waals surface area (Å²) < 4.78 is 5.56. The summed E-state index contributed by atoms with van der Waals surface area (Å²) in [7, 11) is 0. The Hall–Kier alpha value is -2.54. The topological polar surface area (TPSA) is 74.8 Å². The fraction of sp³-hybridized carbons (Fsp3) is 0.500. The van der Waals surface area contributed by atoms with Crippen LogP contribution in [0.15, 0.2) is 41.4 Å². The molecular weight excluding hydrogens is 408 g/mol. The van der Waals surface area contributed by atoms with Crippen LogP contribution in [0.5, 0.6) is 5.75 Å². The molecule has 3 rings (SSSR count). The van der Waals surface area contributed by atoms with Gasteiger partial charge in [0.15, 0.2) is 12.6 Å². The van der Waals surface area contributed by atoms with E-state index in [4.69, 9.17) is 9.73 Å². The number of carbonyl (C=O) groups is 1. The zero-order valence-corrected chi connectivity index (χ0v) is 19.6. The van der Waals surface area contributed by atoms with Crippen molar-refractivity contribution in [2.75, 3.05) is 19.7 Å². The van der Waals surface area contributed by atoms with Gasteiger partial charge in [-0.1, -0.05) is 12.1 Å². The molecule has 0 aliphatic heterocycles. The molecule has 6 nitrogen and oxygen atoms in total. The van der Waals surface area contributed by atoms with Gasteiger partial charge in [0.25, 0.3) is 5.91 Å². The number of nitrogens with one attached hydrogen (secondary N) is 3. The third kappa shape index (κ3) is 8.61. The van der Waals surface area contributed by atoms with Gasteiger partial charge in [-0.15, -0.1) is 11.3 Å². The molecule has 168 valence electrons. The van der Waals surface area contributed by atoms with Crippen molar-refractivity contribution < 1.29 is 9.53 Å². The number of amides is 1. The molecule has 1 unspecified atom stereocenters. The van der Waals surface area contributed by atoms with Gasteiger partial charge >= 0.3 is 0 Å². The Morgan fingerprint density at radius 2 is 2.00 bits per heavy atom. The fourth-order valence-corrected chi connectivity index (χ4v) is 4.22. The van der Waals surface area contributed by atoms with Crippen LogP contribution in [0.25, 0.3) is 0 Å². The Balaban J connectivity index is 1.42. The average molecular weight is 443 g/mol. The summed E-state index contributed by atoms with van der Waals surface area (Å²) in [6.07, 6.45) is 4.00. The number of benzene rings is 1. The highest BCUT2D eigenvalue weighted by Crippen LogP contribution is 2.19. The second kappa shape index (κ2) is 11.7. The molecule has 1 aromatic carbocycles. The Labute approximate surface area is 189 Å². The Bertz CT molecular complexity index is 859. The van der Waals surface area contributed by atoms with Gasteiger partial charge < -0.3 is 20.7 Å². The third-order valence-electron chi connectivity index (χ3n) is 4.94. The number of guanidine groups is 1. The molecule has 0 bridgehead atoms. The maximum absolute atomic E-state index is 11.7. The van der Waals surface area contributed by atoms with Crippen LogP contribution in [-0.2, 0) is 17.6 Å². The standard InChI is InChI=1S/C24H34N4O2S/c1-4-25-24(27-17(2)15-22-12-5-18(3)31-22)26-14-13-19-6-10-21(11-7-19)30-16-23(29)28-20-8-9-20/h5-7,10-12,17,20H,4,8-9,13-16H2,1-3H3,(H,28,29)(H2,25,26,27). The maximum Gasteiger partial charge on any atom is 0.258 e. The van der Waals surface area contributed by atoms with Gasteiger partial charge in [0.2, 0.25) is 0 Å². The van der Waals surface area contributed by atoms with E-state index in [-0.39, 0.29) is 12.5 Å². The van der Waals surface area contributed by atoms with Crippen molar-refractivity contribution in [3.63, 3.8) is 0 Å². The second-order valence-corrected chi connectivity index (χ2v) is 9.42. The summed E-state index contributed by atoms with van der Waals surface area (Å²) in [5.74, 6) is 1.52. The first kappa shape index (κ1) is 23.1. The number of nitrogens with zero attached hydrogens (tertiary/aromatic N) is 1. The molecular formula is C24H34N4O2S.